The highest BCUT2D eigenvalue weighted by atomic mass is 16.4. The van der Waals surface area contributed by atoms with Crippen LogP contribution in [0, 0.1) is 5.92 Å². The number of carboxylic acids is 2. The van der Waals surface area contributed by atoms with E-state index >= 15 is 0 Å². The minimum Gasteiger partial charge on any atom is -0.481 e. The molecule has 3 amide bonds. The average Bonchev–Trinajstić information content (AvgIpc) is 2.90. The van der Waals surface area contributed by atoms with Crippen molar-refractivity contribution in [1.82, 2.24) is 16.0 Å². The first kappa shape index (κ1) is 33.8. The summed E-state index contributed by atoms with van der Waals surface area (Å²) in [5, 5.41) is 26.2. The van der Waals surface area contributed by atoms with Crippen LogP contribution in [-0.2, 0) is 30.4 Å². The highest BCUT2D eigenvalue weighted by Gasteiger charge is 2.32. The van der Waals surface area contributed by atoms with Crippen molar-refractivity contribution in [2.45, 2.75) is 76.5 Å². The Morgan fingerprint density at radius 2 is 1.48 bits per heavy atom. The number of carbonyl (C=O) groups excluding carboxylic acids is 3. The van der Waals surface area contributed by atoms with Crippen LogP contribution in [-0.4, -0.2) is 76.5 Å². The van der Waals surface area contributed by atoms with E-state index in [1.54, 1.807) is 38.1 Å². The third-order valence-electron chi connectivity index (χ3n) is 6.27. The third-order valence-corrected chi connectivity index (χ3v) is 6.27. The molecule has 14 heteroatoms. The van der Waals surface area contributed by atoms with Crippen LogP contribution in [0.25, 0.3) is 0 Å². The first-order valence-electron chi connectivity index (χ1n) is 13.1. The molecule has 0 aliphatic rings. The van der Waals surface area contributed by atoms with Gasteiger partial charge in [-0.2, -0.15) is 0 Å². The van der Waals surface area contributed by atoms with Gasteiger partial charge in [-0.05, 0) is 37.2 Å². The van der Waals surface area contributed by atoms with Gasteiger partial charge >= 0.3 is 11.9 Å². The number of aliphatic imine (C=N–C) groups is 1. The minimum atomic E-state index is -1.32. The molecule has 0 aliphatic heterocycles. The lowest BCUT2D eigenvalue weighted by Crippen LogP contribution is -2.58. The van der Waals surface area contributed by atoms with Crippen molar-refractivity contribution in [3.63, 3.8) is 0 Å². The Balaban J connectivity index is 3.07. The zero-order valence-corrected chi connectivity index (χ0v) is 22.8. The molecule has 5 atom stereocenters. The largest absolute Gasteiger partial charge is 0.481 e. The minimum absolute atomic E-state index is 0.0360. The van der Waals surface area contributed by atoms with Crippen molar-refractivity contribution >= 4 is 35.6 Å². The summed E-state index contributed by atoms with van der Waals surface area (Å²) >= 11 is 0. The zero-order valence-electron chi connectivity index (χ0n) is 22.8. The quantitative estimate of drug-likeness (QED) is 0.0618. The van der Waals surface area contributed by atoms with Crippen LogP contribution >= 0.6 is 0 Å². The van der Waals surface area contributed by atoms with Crippen molar-refractivity contribution < 1.29 is 34.2 Å². The molecular weight excluding hydrogens is 522 g/mol. The number of guanidine groups is 1. The topological polar surface area (TPSA) is 252 Å². The second kappa shape index (κ2) is 17.4. The van der Waals surface area contributed by atoms with Gasteiger partial charge in [-0.25, -0.2) is 4.79 Å². The number of nitrogens with one attached hydrogen (secondary N) is 3. The second-order valence-electron chi connectivity index (χ2n) is 9.51. The predicted octanol–water partition coefficient (Wildman–Crippen LogP) is -0.940. The molecule has 11 N–H and O–H groups in total. The van der Waals surface area contributed by atoms with E-state index in [1.165, 1.54) is 0 Å². The van der Waals surface area contributed by atoms with E-state index < -0.39 is 66.2 Å². The molecule has 0 saturated heterocycles. The maximum absolute atomic E-state index is 13.2. The number of amides is 3. The number of nitrogens with zero attached hydrogens (tertiary/aromatic N) is 1. The number of carbonyl (C=O) groups is 5. The number of aliphatic carboxylic acids is 2. The lowest BCUT2D eigenvalue weighted by Gasteiger charge is -2.26. The van der Waals surface area contributed by atoms with E-state index in [0.29, 0.717) is 6.42 Å². The summed E-state index contributed by atoms with van der Waals surface area (Å²) < 4.78 is 0. The normalized spacial score (nSPS) is 14.5. The maximum atomic E-state index is 13.2. The summed E-state index contributed by atoms with van der Waals surface area (Å²) in [5.74, 6) is -5.22. The molecule has 0 heterocycles. The van der Waals surface area contributed by atoms with Gasteiger partial charge in [0.15, 0.2) is 5.96 Å². The Kier molecular flexibility index (Phi) is 14.7. The summed E-state index contributed by atoms with van der Waals surface area (Å²) in [4.78, 5) is 65.9. The van der Waals surface area contributed by atoms with Gasteiger partial charge in [0.05, 0.1) is 6.04 Å². The lowest BCUT2D eigenvalue weighted by atomic mass is 9.98. The SMILES string of the molecule is CCC(C)C(NC(=O)C(CCCN=C(N)N)NC(=O)C(CCC(=O)O)NC(=O)C(N)Cc1ccccc1)C(=O)O. The van der Waals surface area contributed by atoms with Crippen LogP contribution in [0.15, 0.2) is 35.3 Å². The Bertz CT molecular complexity index is 1030. The molecule has 0 saturated carbocycles. The lowest BCUT2D eigenvalue weighted by molar-refractivity contribution is -0.144. The van der Waals surface area contributed by atoms with Gasteiger partial charge in [0.2, 0.25) is 17.7 Å². The van der Waals surface area contributed by atoms with Crippen molar-refractivity contribution in [2.24, 2.45) is 28.1 Å². The van der Waals surface area contributed by atoms with Crippen molar-refractivity contribution in [3.05, 3.63) is 35.9 Å². The average molecular weight is 564 g/mol. The van der Waals surface area contributed by atoms with Crippen LogP contribution < -0.4 is 33.2 Å². The highest BCUT2D eigenvalue weighted by Crippen LogP contribution is 2.10. The Hall–Kier alpha value is -4.20. The smallest absolute Gasteiger partial charge is 0.326 e. The van der Waals surface area contributed by atoms with E-state index in [4.69, 9.17) is 22.3 Å². The molecule has 0 radical (unpaired) electrons. The van der Waals surface area contributed by atoms with Gasteiger partial charge in [0.1, 0.15) is 18.1 Å². The second-order valence-corrected chi connectivity index (χ2v) is 9.51. The Morgan fingerprint density at radius 1 is 0.900 bits per heavy atom. The Labute approximate surface area is 233 Å². The van der Waals surface area contributed by atoms with E-state index in [9.17, 15) is 29.1 Å². The number of nitrogens with two attached hydrogens (primary N) is 3. The molecule has 1 aromatic carbocycles. The number of carboxylic acid groups (broad SMARTS) is 2. The van der Waals surface area contributed by atoms with Crippen molar-refractivity contribution in [1.29, 1.82) is 0 Å². The molecule has 0 spiro atoms. The highest BCUT2D eigenvalue weighted by molar-refractivity contribution is 5.94. The van der Waals surface area contributed by atoms with Gasteiger partial charge in [0.25, 0.3) is 0 Å². The van der Waals surface area contributed by atoms with E-state index in [2.05, 4.69) is 20.9 Å². The molecule has 0 aliphatic carbocycles. The van der Waals surface area contributed by atoms with Gasteiger partial charge in [-0.3, -0.25) is 24.2 Å². The molecule has 0 fully saturated rings. The van der Waals surface area contributed by atoms with Crippen molar-refractivity contribution in [2.75, 3.05) is 6.54 Å². The van der Waals surface area contributed by atoms with Gasteiger partial charge in [-0.15, -0.1) is 0 Å². The molecule has 5 unspecified atom stereocenters. The molecule has 1 rings (SSSR count). The van der Waals surface area contributed by atoms with E-state index in [1.807, 2.05) is 6.07 Å². The van der Waals surface area contributed by atoms with Crippen LogP contribution in [0.2, 0.25) is 0 Å². The monoisotopic (exact) mass is 563 g/mol. The molecular formula is C26H41N7O7. The third kappa shape index (κ3) is 12.6. The van der Waals surface area contributed by atoms with Gasteiger partial charge < -0.3 is 43.4 Å². The molecule has 1 aromatic rings. The molecule has 0 aromatic heterocycles. The summed E-state index contributed by atoms with van der Waals surface area (Å²) in [6, 6.07) is 4.22. The zero-order chi connectivity index (χ0) is 30.2. The first-order chi connectivity index (χ1) is 18.8. The summed E-state index contributed by atoms with van der Waals surface area (Å²) in [6.45, 7) is 3.59. The Morgan fingerprint density at radius 3 is 2.02 bits per heavy atom. The fourth-order valence-corrected chi connectivity index (χ4v) is 3.76. The number of benzene rings is 1. The molecule has 0 bridgehead atoms. The van der Waals surface area contributed by atoms with Crippen LogP contribution in [0.1, 0.15) is 51.5 Å². The first-order valence-corrected chi connectivity index (χ1v) is 13.1. The fraction of sp³-hybridized carbons (Fsp3) is 0.538. The van der Waals surface area contributed by atoms with Gasteiger partial charge in [0, 0.05) is 13.0 Å². The van der Waals surface area contributed by atoms with Crippen LogP contribution in [0.5, 0.6) is 0 Å². The summed E-state index contributed by atoms with van der Waals surface area (Å²) in [7, 11) is 0. The van der Waals surface area contributed by atoms with E-state index in [0.717, 1.165) is 5.56 Å². The maximum Gasteiger partial charge on any atom is 0.326 e. The van der Waals surface area contributed by atoms with E-state index in [-0.39, 0.29) is 38.2 Å². The summed E-state index contributed by atoms with van der Waals surface area (Å²) in [6.07, 6.45) is 0.244. The predicted molar refractivity (Wildman–Crippen MR) is 148 cm³/mol. The summed E-state index contributed by atoms with van der Waals surface area (Å²) in [5.41, 5.74) is 17.5. The fourth-order valence-electron chi connectivity index (χ4n) is 3.76. The van der Waals surface area contributed by atoms with Crippen LogP contribution in [0.3, 0.4) is 0 Å². The molecule has 14 nitrogen and oxygen atoms in total. The standard InChI is InChI=1S/C26H41N7O7/c1-3-15(2)21(25(39)40)33-24(38)18(10-7-13-30-26(28)29)32-23(37)19(11-12-20(34)35)31-22(36)17(27)14-16-8-5-4-6-9-16/h4-6,8-9,15,17-19,21H,3,7,10-14,27H2,1-2H3,(H,31,36)(H,32,37)(H,33,38)(H,34,35)(H,39,40)(H4,28,29,30). The number of hydrogen-bond donors (Lipinski definition) is 8. The number of rotatable bonds is 18. The molecule has 222 valence electrons. The number of hydrogen-bond acceptors (Lipinski definition) is 7. The molecule has 40 heavy (non-hydrogen) atoms. The van der Waals surface area contributed by atoms with Crippen LogP contribution in [0.4, 0.5) is 0 Å². The van der Waals surface area contributed by atoms with Crippen molar-refractivity contribution in [3.8, 4) is 0 Å². The van der Waals surface area contributed by atoms with Gasteiger partial charge in [-0.1, -0.05) is 50.6 Å².